The van der Waals surface area contributed by atoms with Crippen LogP contribution in [0.2, 0.25) is 0 Å². The summed E-state index contributed by atoms with van der Waals surface area (Å²) in [7, 11) is 0. The first-order chi connectivity index (χ1) is 7.99. The van der Waals surface area contributed by atoms with Crippen molar-refractivity contribution in [3.05, 3.63) is 28.1 Å². The molecule has 17 heavy (non-hydrogen) atoms. The highest BCUT2D eigenvalue weighted by molar-refractivity contribution is 5.72. The minimum atomic E-state index is -0.222. The first-order valence-electron chi connectivity index (χ1n) is 5.76. The molecule has 5 nitrogen and oxygen atoms in total. The minimum Gasteiger partial charge on any atom is -0.316 e. The van der Waals surface area contributed by atoms with Gasteiger partial charge in [0.1, 0.15) is 11.3 Å². The highest BCUT2D eigenvalue weighted by Gasteiger charge is 2.14. The predicted molar refractivity (Wildman–Crippen MR) is 66.1 cm³/mol. The summed E-state index contributed by atoms with van der Waals surface area (Å²) in [6.45, 7) is 8.16. The highest BCUT2D eigenvalue weighted by Crippen LogP contribution is 2.21. The van der Waals surface area contributed by atoms with Crippen molar-refractivity contribution in [2.24, 2.45) is 0 Å². The molecule has 0 aliphatic heterocycles. The van der Waals surface area contributed by atoms with Crippen molar-refractivity contribution in [2.75, 3.05) is 0 Å². The van der Waals surface area contributed by atoms with E-state index in [1.54, 1.807) is 0 Å². The van der Waals surface area contributed by atoms with Gasteiger partial charge in [0.2, 0.25) is 0 Å². The summed E-state index contributed by atoms with van der Waals surface area (Å²) in [6.07, 6.45) is 1.25. The molecule has 0 unspecified atom stereocenters. The Morgan fingerprint density at radius 3 is 2.41 bits per heavy atom. The Hall–Kier alpha value is -1.78. The fourth-order valence-electron chi connectivity index (χ4n) is 1.65. The molecular weight excluding hydrogens is 216 g/mol. The van der Waals surface area contributed by atoms with Gasteiger partial charge in [0.05, 0.1) is 11.9 Å². The maximum Gasteiger partial charge on any atom is 0.267 e. The van der Waals surface area contributed by atoms with Crippen LogP contribution >= 0.6 is 0 Å². The Kier molecular flexibility index (Phi) is 2.92. The molecule has 5 heteroatoms. The van der Waals surface area contributed by atoms with Crippen LogP contribution in [0.4, 0.5) is 0 Å². The Bertz CT molecular complexity index is 601. The maximum absolute atomic E-state index is 11.3. The number of rotatable bonds is 2. The summed E-state index contributed by atoms with van der Waals surface area (Å²) < 4.78 is 0. The average molecular weight is 232 g/mol. The molecule has 2 rings (SSSR count). The van der Waals surface area contributed by atoms with Crippen molar-refractivity contribution >= 4 is 11.2 Å². The number of hydrogen-bond acceptors (Lipinski definition) is 4. The van der Waals surface area contributed by atoms with Gasteiger partial charge in [0.15, 0.2) is 5.65 Å². The van der Waals surface area contributed by atoms with E-state index in [4.69, 9.17) is 0 Å². The van der Waals surface area contributed by atoms with Gasteiger partial charge >= 0.3 is 0 Å². The smallest absolute Gasteiger partial charge is 0.267 e. The van der Waals surface area contributed by atoms with Crippen LogP contribution in [0.25, 0.3) is 11.2 Å². The van der Waals surface area contributed by atoms with Crippen LogP contribution in [-0.4, -0.2) is 19.9 Å². The van der Waals surface area contributed by atoms with E-state index in [1.165, 1.54) is 6.20 Å². The standard InChI is InChI=1S/C12H16N4O/c1-6(2)9-10-12(13-5-8(17)14-10)16-11(15-9)7(3)4/h5-7H,1-4H3,(H,14,17). The molecule has 1 N–H and O–H groups in total. The normalized spacial score (nSPS) is 11.6. The van der Waals surface area contributed by atoms with E-state index in [-0.39, 0.29) is 17.4 Å². The zero-order valence-corrected chi connectivity index (χ0v) is 10.5. The van der Waals surface area contributed by atoms with Gasteiger partial charge in [-0.15, -0.1) is 0 Å². The van der Waals surface area contributed by atoms with E-state index < -0.39 is 0 Å². The monoisotopic (exact) mass is 232 g/mol. The molecule has 0 spiro atoms. The molecule has 0 amide bonds. The topological polar surface area (TPSA) is 71.5 Å². The third-order valence-electron chi connectivity index (χ3n) is 2.55. The summed E-state index contributed by atoms with van der Waals surface area (Å²) in [4.78, 5) is 27.0. The Morgan fingerprint density at radius 1 is 1.12 bits per heavy atom. The van der Waals surface area contributed by atoms with E-state index in [0.717, 1.165) is 11.5 Å². The van der Waals surface area contributed by atoms with Crippen LogP contribution in [0.1, 0.15) is 51.0 Å². The third kappa shape index (κ3) is 2.18. The molecular formula is C12H16N4O. The molecule has 2 heterocycles. The number of hydrogen-bond donors (Lipinski definition) is 1. The van der Waals surface area contributed by atoms with E-state index in [2.05, 4.69) is 19.9 Å². The first kappa shape index (κ1) is 11.7. The molecule has 0 radical (unpaired) electrons. The van der Waals surface area contributed by atoms with Gasteiger partial charge in [-0.3, -0.25) is 4.79 Å². The molecule has 90 valence electrons. The van der Waals surface area contributed by atoms with Gasteiger partial charge < -0.3 is 4.98 Å². The van der Waals surface area contributed by atoms with Gasteiger partial charge in [0.25, 0.3) is 5.56 Å². The number of H-pyrrole nitrogens is 1. The third-order valence-corrected chi connectivity index (χ3v) is 2.55. The number of nitrogens with zero attached hydrogens (tertiary/aromatic N) is 3. The number of nitrogens with one attached hydrogen (secondary N) is 1. The van der Waals surface area contributed by atoms with Gasteiger partial charge in [-0.05, 0) is 5.92 Å². The van der Waals surface area contributed by atoms with E-state index in [0.29, 0.717) is 11.2 Å². The molecule has 0 bridgehead atoms. The Morgan fingerprint density at radius 2 is 1.82 bits per heavy atom. The molecule has 2 aromatic heterocycles. The predicted octanol–water partition coefficient (Wildman–Crippen LogP) is 1.96. The van der Waals surface area contributed by atoms with Crippen LogP contribution in [0.5, 0.6) is 0 Å². The molecule has 0 aliphatic carbocycles. The number of aromatic amines is 1. The maximum atomic E-state index is 11.3. The molecule has 0 aliphatic rings. The van der Waals surface area contributed by atoms with Crippen LogP contribution in [-0.2, 0) is 0 Å². The zero-order chi connectivity index (χ0) is 12.6. The van der Waals surface area contributed by atoms with Crippen molar-refractivity contribution in [2.45, 2.75) is 39.5 Å². The van der Waals surface area contributed by atoms with Gasteiger partial charge in [-0.25, -0.2) is 15.0 Å². The Labute approximate surface area is 99.3 Å². The second kappa shape index (κ2) is 4.24. The largest absolute Gasteiger partial charge is 0.316 e. The highest BCUT2D eigenvalue weighted by atomic mass is 16.1. The molecule has 0 saturated carbocycles. The summed E-state index contributed by atoms with van der Waals surface area (Å²) in [6, 6.07) is 0. The lowest BCUT2D eigenvalue weighted by atomic mass is 10.1. The summed E-state index contributed by atoms with van der Waals surface area (Å²) in [5.41, 5.74) is 1.84. The summed E-state index contributed by atoms with van der Waals surface area (Å²) in [5.74, 6) is 1.23. The average Bonchev–Trinajstić information content (AvgIpc) is 2.27. The second-order valence-corrected chi connectivity index (χ2v) is 4.72. The van der Waals surface area contributed by atoms with Crippen molar-refractivity contribution < 1.29 is 0 Å². The molecule has 0 atom stereocenters. The van der Waals surface area contributed by atoms with Crippen LogP contribution < -0.4 is 5.56 Å². The molecule has 0 fully saturated rings. The van der Waals surface area contributed by atoms with Crippen molar-refractivity contribution in [1.29, 1.82) is 0 Å². The summed E-state index contributed by atoms with van der Waals surface area (Å²) >= 11 is 0. The number of aromatic nitrogens is 4. The van der Waals surface area contributed by atoms with Gasteiger partial charge in [0, 0.05) is 5.92 Å². The quantitative estimate of drug-likeness (QED) is 0.859. The SMILES string of the molecule is CC(C)c1nc(C(C)C)c2[nH]c(=O)cnc2n1. The minimum absolute atomic E-state index is 0.220. The van der Waals surface area contributed by atoms with E-state index >= 15 is 0 Å². The van der Waals surface area contributed by atoms with Crippen molar-refractivity contribution in [1.82, 2.24) is 19.9 Å². The fraction of sp³-hybridized carbons (Fsp3) is 0.500. The Balaban J connectivity index is 2.81. The van der Waals surface area contributed by atoms with Gasteiger partial charge in [-0.1, -0.05) is 27.7 Å². The van der Waals surface area contributed by atoms with Crippen molar-refractivity contribution in [3.8, 4) is 0 Å². The lowest BCUT2D eigenvalue weighted by molar-refractivity contribution is 0.737. The lowest BCUT2D eigenvalue weighted by Crippen LogP contribution is -2.12. The van der Waals surface area contributed by atoms with Crippen LogP contribution in [0.3, 0.4) is 0 Å². The molecule has 2 aromatic rings. The van der Waals surface area contributed by atoms with Crippen molar-refractivity contribution in [3.63, 3.8) is 0 Å². The fourth-order valence-corrected chi connectivity index (χ4v) is 1.65. The first-order valence-corrected chi connectivity index (χ1v) is 5.76. The van der Waals surface area contributed by atoms with Crippen LogP contribution in [0.15, 0.2) is 11.0 Å². The van der Waals surface area contributed by atoms with E-state index in [1.807, 2.05) is 27.7 Å². The molecule has 0 aromatic carbocycles. The summed E-state index contributed by atoms with van der Waals surface area (Å²) in [5, 5.41) is 0. The lowest BCUT2D eigenvalue weighted by Gasteiger charge is -2.11. The van der Waals surface area contributed by atoms with Crippen LogP contribution in [0, 0.1) is 0 Å². The second-order valence-electron chi connectivity index (χ2n) is 4.72. The van der Waals surface area contributed by atoms with Gasteiger partial charge in [-0.2, -0.15) is 0 Å². The zero-order valence-electron chi connectivity index (χ0n) is 10.5. The number of fused-ring (bicyclic) bond motifs is 1. The van der Waals surface area contributed by atoms with E-state index in [9.17, 15) is 4.79 Å². The molecule has 0 saturated heterocycles.